The van der Waals surface area contributed by atoms with Crippen LogP contribution in [0, 0.1) is 12.7 Å². The summed E-state index contributed by atoms with van der Waals surface area (Å²) in [6.07, 6.45) is -0.0823. The Labute approximate surface area is 224 Å². The Balaban J connectivity index is 1.38. The predicted octanol–water partition coefficient (Wildman–Crippen LogP) is 5.36. The minimum atomic E-state index is -0.957. The molecule has 1 aliphatic rings. The molecule has 2 N–H and O–H groups in total. The highest BCUT2D eigenvalue weighted by molar-refractivity contribution is 6.02. The van der Waals surface area contributed by atoms with Gasteiger partial charge in [0, 0.05) is 12.2 Å². The first kappa shape index (κ1) is 25.7. The number of carbonyl (C=O) groups is 3. The van der Waals surface area contributed by atoms with E-state index in [1.807, 2.05) is 31.2 Å². The molecule has 198 valence electrons. The van der Waals surface area contributed by atoms with E-state index in [4.69, 9.17) is 9.15 Å². The number of carbonyl (C=O) groups excluding carboxylic acids is 3. The summed E-state index contributed by atoms with van der Waals surface area (Å²) in [5.74, 6) is -0.997. The van der Waals surface area contributed by atoms with Gasteiger partial charge in [-0.3, -0.25) is 14.5 Å². The van der Waals surface area contributed by atoms with Crippen LogP contribution in [0.15, 0.2) is 95.6 Å². The fourth-order valence-corrected chi connectivity index (χ4v) is 4.43. The number of cyclic esters (lactones) is 1. The van der Waals surface area contributed by atoms with E-state index >= 15 is 0 Å². The lowest BCUT2D eigenvalue weighted by Gasteiger charge is -2.25. The van der Waals surface area contributed by atoms with Crippen molar-refractivity contribution in [2.45, 2.75) is 32.2 Å². The summed E-state index contributed by atoms with van der Waals surface area (Å²) in [6, 6.07) is 22.4. The van der Waals surface area contributed by atoms with Crippen molar-refractivity contribution in [3.8, 4) is 0 Å². The second kappa shape index (κ2) is 11.2. The van der Waals surface area contributed by atoms with Crippen molar-refractivity contribution in [1.82, 2.24) is 10.2 Å². The second-order valence-electron chi connectivity index (χ2n) is 9.20. The van der Waals surface area contributed by atoms with Gasteiger partial charge < -0.3 is 19.8 Å². The van der Waals surface area contributed by atoms with E-state index in [0.29, 0.717) is 16.8 Å². The Morgan fingerprint density at radius 3 is 2.38 bits per heavy atom. The van der Waals surface area contributed by atoms with Gasteiger partial charge in [0.2, 0.25) is 5.91 Å². The minimum absolute atomic E-state index is 0.159. The molecule has 0 aliphatic carbocycles. The molecule has 39 heavy (non-hydrogen) atoms. The molecule has 1 fully saturated rings. The molecule has 0 spiro atoms. The average Bonchev–Trinajstić information content (AvgIpc) is 3.59. The highest BCUT2D eigenvalue weighted by Gasteiger charge is 2.47. The number of aryl methyl sites for hydroxylation is 1. The van der Waals surface area contributed by atoms with Crippen LogP contribution in [0.4, 0.5) is 14.9 Å². The number of ether oxygens (including phenoxy) is 1. The number of furan rings is 1. The molecule has 3 amide bonds. The number of halogens is 1. The van der Waals surface area contributed by atoms with Crippen molar-refractivity contribution in [2.75, 3.05) is 5.32 Å². The number of rotatable bonds is 8. The van der Waals surface area contributed by atoms with Gasteiger partial charge in [-0.15, -0.1) is 0 Å². The zero-order valence-corrected chi connectivity index (χ0v) is 21.1. The Kier molecular flexibility index (Phi) is 7.40. The molecule has 5 rings (SSSR count). The number of hydrogen-bond donors (Lipinski definition) is 2. The molecular formula is C30H26FN3O5. The summed E-state index contributed by atoms with van der Waals surface area (Å²) in [4.78, 5) is 40.3. The largest absolute Gasteiger partial charge is 0.459 e. The number of hydrogen-bond acceptors (Lipinski definition) is 5. The van der Waals surface area contributed by atoms with E-state index in [1.165, 1.54) is 23.3 Å². The first-order valence-electron chi connectivity index (χ1n) is 12.4. The third-order valence-electron chi connectivity index (χ3n) is 6.58. The van der Waals surface area contributed by atoms with Gasteiger partial charge in [-0.1, -0.05) is 48.5 Å². The molecule has 4 aromatic rings. The molecule has 1 aliphatic heterocycles. The summed E-state index contributed by atoms with van der Waals surface area (Å²) in [7, 11) is 0. The molecule has 0 radical (unpaired) electrons. The minimum Gasteiger partial charge on any atom is -0.459 e. The lowest BCUT2D eigenvalue weighted by atomic mass is 9.99. The number of amides is 3. The SMILES string of the molecule is Cc1ccccc1CN1C(=O)OC(c2ccc(NC(=O)c3ccco3)cc2)C1C(=O)NCc1ccc(F)cc1. The predicted molar refractivity (Wildman–Crippen MR) is 141 cm³/mol. The lowest BCUT2D eigenvalue weighted by Crippen LogP contribution is -2.46. The molecule has 0 bridgehead atoms. The van der Waals surface area contributed by atoms with Crippen LogP contribution in [-0.2, 0) is 22.6 Å². The molecule has 3 aromatic carbocycles. The van der Waals surface area contributed by atoms with E-state index < -0.39 is 30.1 Å². The second-order valence-corrected chi connectivity index (χ2v) is 9.20. The number of nitrogens with one attached hydrogen (secondary N) is 2. The van der Waals surface area contributed by atoms with E-state index in [0.717, 1.165) is 11.1 Å². The number of benzene rings is 3. The molecule has 2 heterocycles. The lowest BCUT2D eigenvalue weighted by molar-refractivity contribution is -0.126. The first-order chi connectivity index (χ1) is 18.9. The smallest absolute Gasteiger partial charge is 0.411 e. The van der Waals surface area contributed by atoms with Crippen LogP contribution in [0.2, 0.25) is 0 Å². The molecular weight excluding hydrogens is 501 g/mol. The van der Waals surface area contributed by atoms with Gasteiger partial charge in [0.25, 0.3) is 5.91 Å². The molecule has 1 aromatic heterocycles. The highest BCUT2D eigenvalue weighted by Crippen LogP contribution is 2.35. The fraction of sp³-hybridized carbons (Fsp3) is 0.167. The summed E-state index contributed by atoms with van der Waals surface area (Å²) in [5.41, 5.74) is 3.69. The Hall–Kier alpha value is -4.92. The van der Waals surface area contributed by atoms with Crippen LogP contribution in [0.1, 0.15) is 38.9 Å². The molecule has 9 heteroatoms. The molecule has 0 saturated carbocycles. The van der Waals surface area contributed by atoms with Gasteiger partial charge in [-0.25, -0.2) is 9.18 Å². The zero-order valence-electron chi connectivity index (χ0n) is 21.1. The number of nitrogens with zero attached hydrogens (tertiary/aromatic N) is 1. The Morgan fingerprint density at radius 2 is 1.69 bits per heavy atom. The van der Waals surface area contributed by atoms with E-state index in [-0.39, 0.29) is 24.7 Å². The van der Waals surface area contributed by atoms with Crippen molar-refractivity contribution in [3.63, 3.8) is 0 Å². The van der Waals surface area contributed by atoms with Crippen LogP contribution < -0.4 is 10.6 Å². The molecule has 2 atom stereocenters. The topological polar surface area (TPSA) is 101 Å². The van der Waals surface area contributed by atoms with Gasteiger partial charge in [0.15, 0.2) is 17.9 Å². The maximum Gasteiger partial charge on any atom is 0.411 e. The third-order valence-corrected chi connectivity index (χ3v) is 6.58. The molecule has 2 unspecified atom stereocenters. The average molecular weight is 528 g/mol. The van der Waals surface area contributed by atoms with Crippen LogP contribution >= 0.6 is 0 Å². The maximum absolute atomic E-state index is 13.5. The summed E-state index contributed by atoms with van der Waals surface area (Å²) < 4.78 is 24.1. The highest BCUT2D eigenvalue weighted by atomic mass is 19.1. The standard InChI is InChI=1S/C30H26FN3O5/c1-19-5-2-3-6-22(19)18-34-26(29(36)32-17-20-8-12-23(31)13-9-20)27(39-30(34)37)21-10-14-24(15-11-21)33-28(35)25-7-4-16-38-25/h2-16,26-27H,17-18H2,1H3,(H,32,36)(H,33,35). The van der Waals surface area contributed by atoms with Crippen LogP contribution in [-0.4, -0.2) is 28.8 Å². The first-order valence-corrected chi connectivity index (χ1v) is 12.4. The monoisotopic (exact) mass is 527 g/mol. The van der Waals surface area contributed by atoms with Crippen LogP contribution in [0.5, 0.6) is 0 Å². The van der Waals surface area contributed by atoms with E-state index in [1.54, 1.807) is 48.5 Å². The van der Waals surface area contributed by atoms with Gasteiger partial charge >= 0.3 is 6.09 Å². The maximum atomic E-state index is 13.5. The van der Waals surface area contributed by atoms with Gasteiger partial charge in [0.05, 0.1) is 12.8 Å². The van der Waals surface area contributed by atoms with Crippen molar-refractivity contribution in [3.05, 3.63) is 125 Å². The number of anilines is 1. The van der Waals surface area contributed by atoms with Gasteiger partial charge in [0.1, 0.15) is 5.82 Å². The Bertz CT molecular complexity index is 1470. The molecule has 1 saturated heterocycles. The quantitative estimate of drug-likeness (QED) is 0.321. The Morgan fingerprint density at radius 1 is 0.949 bits per heavy atom. The normalized spacial score (nSPS) is 16.6. The van der Waals surface area contributed by atoms with Crippen molar-refractivity contribution < 1.29 is 27.9 Å². The summed E-state index contributed by atoms with van der Waals surface area (Å²) in [5, 5.41) is 5.60. The molecule has 8 nitrogen and oxygen atoms in total. The van der Waals surface area contributed by atoms with E-state index in [9.17, 15) is 18.8 Å². The van der Waals surface area contributed by atoms with Crippen molar-refractivity contribution in [1.29, 1.82) is 0 Å². The summed E-state index contributed by atoms with van der Waals surface area (Å²) in [6.45, 7) is 2.29. The van der Waals surface area contributed by atoms with Crippen LogP contribution in [0.3, 0.4) is 0 Å². The fourth-order valence-electron chi connectivity index (χ4n) is 4.43. The van der Waals surface area contributed by atoms with Crippen molar-refractivity contribution in [2.24, 2.45) is 0 Å². The van der Waals surface area contributed by atoms with E-state index in [2.05, 4.69) is 10.6 Å². The van der Waals surface area contributed by atoms with Gasteiger partial charge in [-0.05, 0) is 65.6 Å². The van der Waals surface area contributed by atoms with Gasteiger partial charge in [-0.2, -0.15) is 0 Å². The zero-order chi connectivity index (χ0) is 27.4. The van der Waals surface area contributed by atoms with Crippen LogP contribution in [0.25, 0.3) is 0 Å². The summed E-state index contributed by atoms with van der Waals surface area (Å²) >= 11 is 0. The third kappa shape index (κ3) is 5.82. The van der Waals surface area contributed by atoms with Crippen molar-refractivity contribution >= 4 is 23.6 Å².